The first-order valence-corrected chi connectivity index (χ1v) is 5.28. The van der Waals surface area contributed by atoms with E-state index >= 15 is 0 Å². The molecule has 3 N–H and O–H groups in total. The highest BCUT2D eigenvalue weighted by atomic mass is 32.2. The number of aromatic nitrogens is 2. The summed E-state index contributed by atoms with van der Waals surface area (Å²) in [6, 6.07) is 1.43. The van der Waals surface area contributed by atoms with Crippen molar-refractivity contribution >= 4 is 11.8 Å². The van der Waals surface area contributed by atoms with Gasteiger partial charge in [-0.15, -0.1) is 0 Å². The van der Waals surface area contributed by atoms with E-state index in [0.29, 0.717) is 18.1 Å². The fraction of sp³-hybridized carbons (Fsp3) is 0.500. The van der Waals surface area contributed by atoms with Crippen LogP contribution in [-0.4, -0.2) is 15.7 Å². The summed E-state index contributed by atoms with van der Waals surface area (Å²) in [5.74, 6) is 2.45. The number of nitrogens with zero attached hydrogens (tertiary/aromatic N) is 1. The van der Waals surface area contributed by atoms with Gasteiger partial charge in [-0.3, -0.25) is 4.79 Å². The van der Waals surface area contributed by atoms with Crippen molar-refractivity contribution in [2.24, 2.45) is 5.73 Å². The maximum absolute atomic E-state index is 11.1. The Hall–Kier alpha value is -0.810. The molecule has 0 aromatic carbocycles. The summed E-state index contributed by atoms with van der Waals surface area (Å²) >= 11 is 1.72. The molecule has 1 heterocycles. The summed E-state index contributed by atoms with van der Waals surface area (Å²) in [4.78, 5) is 17.9. The van der Waals surface area contributed by atoms with Crippen LogP contribution in [0.2, 0.25) is 0 Å². The van der Waals surface area contributed by atoms with Crippen molar-refractivity contribution in [1.29, 1.82) is 0 Å². The summed E-state index contributed by atoms with van der Waals surface area (Å²) in [5, 5.41) is 0. The average Bonchev–Trinajstić information content (AvgIpc) is 2.14. The van der Waals surface area contributed by atoms with Gasteiger partial charge in [-0.2, -0.15) is 11.8 Å². The lowest BCUT2D eigenvalue weighted by Gasteiger charge is -2.00. The third-order valence-electron chi connectivity index (χ3n) is 1.50. The van der Waals surface area contributed by atoms with Gasteiger partial charge >= 0.3 is 0 Å². The number of rotatable bonds is 4. The van der Waals surface area contributed by atoms with Gasteiger partial charge in [0, 0.05) is 12.6 Å². The lowest BCUT2D eigenvalue weighted by Crippen LogP contribution is -2.14. The van der Waals surface area contributed by atoms with Crippen LogP contribution < -0.4 is 11.3 Å². The normalized spacial score (nSPS) is 10.3. The smallest absolute Gasteiger partial charge is 0.251 e. The molecule has 0 saturated carbocycles. The minimum absolute atomic E-state index is 0.123. The van der Waals surface area contributed by atoms with Crippen LogP contribution in [0.3, 0.4) is 0 Å². The lowest BCUT2D eigenvalue weighted by molar-refractivity contribution is 0.902. The Morgan fingerprint density at radius 3 is 3.08 bits per heavy atom. The van der Waals surface area contributed by atoms with Gasteiger partial charge in [0.05, 0.1) is 11.4 Å². The van der Waals surface area contributed by atoms with Crippen LogP contribution in [-0.2, 0) is 12.3 Å². The molecule has 72 valence electrons. The van der Waals surface area contributed by atoms with E-state index < -0.39 is 0 Å². The Morgan fingerprint density at radius 1 is 1.69 bits per heavy atom. The number of aromatic amines is 1. The van der Waals surface area contributed by atoms with E-state index in [-0.39, 0.29) is 5.56 Å². The highest BCUT2D eigenvalue weighted by Gasteiger charge is 1.98. The molecule has 0 unspecified atom stereocenters. The van der Waals surface area contributed by atoms with Crippen LogP contribution in [0.5, 0.6) is 0 Å². The molecule has 0 radical (unpaired) electrons. The first-order chi connectivity index (χ1) is 6.26. The number of H-pyrrole nitrogens is 1. The van der Waals surface area contributed by atoms with Gasteiger partial charge < -0.3 is 10.7 Å². The fourth-order valence-corrected chi connectivity index (χ4v) is 1.47. The van der Waals surface area contributed by atoms with E-state index in [2.05, 4.69) is 16.9 Å². The summed E-state index contributed by atoms with van der Waals surface area (Å²) in [5.41, 5.74) is 5.92. The SMILES string of the molecule is CCSCc1nc(CN)cc(=O)[nH]1. The second-order valence-corrected chi connectivity index (χ2v) is 3.80. The van der Waals surface area contributed by atoms with Crippen LogP contribution in [0.25, 0.3) is 0 Å². The minimum Gasteiger partial charge on any atom is -0.325 e. The van der Waals surface area contributed by atoms with Crippen LogP contribution in [0.1, 0.15) is 18.4 Å². The molecule has 1 rings (SSSR count). The third kappa shape index (κ3) is 3.20. The second-order valence-electron chi connectivity index (χ2n) is 2.52. The quantitative estimate of drug-likeness (QED) is 0.740. The zero-order chi connectivity index (χ0) is 9.68. The molecule has 0 bridgehead atoms. The van der Waals surface area contributed by atoms with Crippen molar-refractivity contribution in [2.75, 3.05) is 5.75 Å². The number of thioether (sulfide) groups is 1. The molecular formula is C8H13N3OS. The van der Waals surface area contributed by atoms with Crippen molar-refractivity contribution in [3.8, 4) is 0 Å². The second kappa shape index (κ2) is 5.04. The molecule has 0 spiro atoms. The molecule has 1 aromatic rings. The van der Waals surface area contributed by atoms with Crippen LogP contribution in [0.4, 0.5) is 0 Å². The van der Waals surface area contributed by atoms with Gasteiger partial charge in [0.2, 0.25) is 0 Å². The first-order valence-electron chi connectivity index (χ1n) is 4.13. The highest BCUT2D eigenvalue weighted by Crippen LogP contribution is 2.05. The number of hydrogen-bond acceptors (Lipinski definition) is 4. The lowest BCUT2D eigenvalue weighted by atomic mass is 10.4. The van der Waals surface area contributed by atoms with Crippen LogP contribution in [0.15, 0.2) is 10.9 Å². The fourth-order valence-electron chi connectivity index (χ4n) is 0.935. The number of hydrogen-bond donors (Lipinski definition) is 2. The standard InChI is InChI=1S/C8H13N3OS/c1-2-13-5-7-10-6(4-9)3-8(12)11-7/h3H,2,4-5,9H2,1H3,(H,10,11,12). The van der Waals surface area contributed by atoms with Crippen molar-refractivity contribution in [3.63, 3.8) is 0 Å². The maximum atomic E-state index is 11.1. The van der Waals surface area contributed by atoms with E-state index in [1.165, 1.54) is 6.07 Å². The molecule has 0 aliphatic carbocycles. The van der Waals surface area contributed by atoms with E-state index in [9.17, 15) is 4.79 Å². The molecule has 1 aromatic heterocycles. The van der Waals surface area contributed by atoms with Gasteiger partial charge in [0.15, 0.2) is 0 Å². The summed E-state index contributed by atoms with van der Waals surface area (Å²) in [6.07, 6.45) is 0. The molecule has 0 saturated heterocycles. The largest absolute Gasteiger partial charge is 0.325 e. The van der Waals surface area contributed by atoms with Crippen LogP contribution >= 0.6 is 11.8 Å². The van der Waals surface area contributed by atoms with Gasteiger partial charge in [-0.05, 0) is 5.75 Å². The Bertz CT molecular complexity index is 323. The first kappa shape index (κ1) is 10.3. The van der Waals surface area contributed by atoms with Gasteiger partial charge in [-0.25, -0.2) is 4.98 Å². The molecule has 0 atom stereocenters. The average molecular weight is 199 g/mol. The van der Waals surface area contributed by atoms with Crippen molar-refractivity contribution in [1.82, 2.24) is 9.97 Å². The van der Waals surface area contributed by atoms with Gasteiger partial charge in [0.25, 0.3) is 5.56 Å². The maximum Gasteiger partial charge on any atom is 0.251 e. The van der Waals surface area contributed by atoms with Crippen molar-refractivity contribution in [2.45, 2.75) is 19.2 Å². The Morgan fingerprint density at radius 2 is 2.46 bits per heavy atom. The number of nitrogens with one attached hydrogen (secondary N) is 1. The van der Waals surface area contributed by atoms with Crippen molar-refractivity contribution in [3.05, 3.63) is 27.9 Å². The van der Waals surface area contributed by atoms with E-state index in [0.717, 1.165) is 11.5 Å². The van der Waals surface area contributed by atoms with Crippen LogP contribution in [0, 0.1) is 0 Å². The molecule has 4 nitrogen and oxygen atoms in total. The predicted molar refractivity (Wildman–Crippen MR) is 54.6 cm³/mol. The third-order valence-corrected chi connectivity index (χ3v) is 2.38. The topological polar surface area (TPSA) is 71.8 Å². The highest BCUT2D eigenvalue weighted by molar-refractivity contribution is 7.98. The predicted octanol–water partition coefficient (Wildman–Crippen LogP) is 0.482. The Kier molecular flexibility index (Phi) is 3.98. The summed E-state index contributed by atoms with van der Waals surface area (Å²) < 4.78 is 0. The van der Waals surface area contributed by atoms with Crippen molar-refractivity contribution < 1.29 is 0 Å². The monoisotopic (exact) mass is 199 g/mol. The van der Waals surface area contributed by atoms with E-state index in [1.54, 1.807) is 11.8 Å². The van der Waals surface area contributed by atoms with E-state index in [4.69, 9.17) is 5.73 Å². The summed E-state index contributed by atoms with van der Waals surface area (Å²) in [6.45, 7) is 2.38. The zero-order valence-electron chi connectivity index (χ0n) is 7.54. The van der Waals surface area contributed by atoms with Gasteiger partial charge in [0.1, 0.15) is 5.82 Å². The Labute approximate surface area is 81.0 Å². The molecule has 0 amide bonds. The van der Waals surface area contributed by atoms with E-state index in [1.807, 2.05) is 0 Å². The molecule has 0 fully saturated rings. The Balaban J connectivity index is 2.82. The molecule has 5 heteroatoms. The molecule has 13 heavy (non-hydrogen) atoms. The minimum atomic E-state index is -0.123. The number of nitrogens with two attached hydrogens (primary N) is 1. The molecule has 0 aliphatic heterocycles. The van der Waals surface area contributed by atoms with Gasteiger partial charge in [-0.1, -0.05) is 6.92 Å². The zero-order valence-corrected chi connectivity index (χ0v) is 8.36. The summed E-state index contributed by atoms with van der Waals surface area (Å²) in [7, 11) is 0. The molecular weight excluding hydrogens is 186 g/mol. The molecule has 0 aliphatic rings.